The summed E-state index contributed by atoms with van der Waals surface area (Å²) in [4.78, 5) is 0. The molecule has 1 saturated carbocycles. The molecule has 1 unspecified atom stereocenters. The minimum Gasteiger partial charge on any atom is -0.313 e. The van der Waals surface area contributed by atoms with E-state index < -0.39 is 0 Å². The van der Waals surface area contributed by atoms with E-state index in [-0.39, 0.29) is 0 Å². The Morgan fingerprint density at radius 1 is 1.40 bits per heavy atom. The molecule has 1 atom stereocenters. The van der Waals surface area contributed by atoms with Crippen molar-refractivity contribution in [1.29, 1.82) is 0 Å². The summed E-state index contributed by atoms with van der Waals surface area (Å²) in [6.07, 6.45) is 16.0. The molecule has 0 aromatic heterocycles. The molecule has 0 aromatic carbocycles. The highest BCUT2D eigenvalue weighted by Gasteiger charge is 2.16. The maximum Gasteiger partial charge on any atom is 0.0240 e. The quantitative estimate of drug-likeness (QED) is 0.631. The molecular weight excluding hydrogens is 182 g/mol. The van der Waals surface area contributed by atoms with Crippen LogP contribution in [0.25, 0.3) is 0 Å². The van der Waals surface area contributed by atoms with Gasteiger partial charge < -0.3 is 5.32 Å². The van der Waals surface area contributed by atoms with Gasteiger partial charge in [0.05, 0.1) is 0 Å². The van der Waals surface area contributed by atoms with Crippen molar-refractivity contribution in [3.63, 3.8) is 0 Å². The van der Waals surface area contributed by atoms with Crippen LogP contribution in [0.3, 0.4) is 0 Å². The first-order chi connectivity index (χ1) is 7.36. The fraction of sp³-hybridized carbons (Fsp3) is 0.857. The van der Waals surface area contributed by atoms with Crippen molar-refractivity contribution in [2.45, 2.75) is 64.3 Å². The first kappa shape index (κ1) is 12.6. The van der Waals surface area contributed by atoms with E-state index in [4.69, 9.17) is 6.42 Å². The van der Waals surface area contributed by atoms with Crippen LogP contribution in [0.2, 0.25) is 0 Å². The zero-order chi connectivity index (χ0) is 10.9. The van der Waals surface area contributed by atoms with Gasteiger partial charge in [0.2, 0.25) is 0 Å². The molecule has 15 heavy (non-hydrogen) atoms. The summed E-state index contributed by atoms with van der Waals surface area (Å²) in [5.41, 5.74) is 0. The predicted octanol–water partition coefficient (Wildman–Crippen LogP) is 3.35. The molecule has 1 heteroatoms. The lowest BCUT2D eigenvalue weighted by Gasteiger charge is -2.18. The highest BCUT2D eigenvalue weighted by molar-refractivity contribution is 4.90. The molecule has 1 fully saturated rings. The second-order valence-corrected chi connectivity index (χ2v) is 4.79. The van der Waals surface area contributed by atoms with E-state index in [1.807, 2.05) is 0 Å². The second-order valence-electron chi connectivity index (χ2n) is 4.79. The van der Waals surface area contributed by atoms with Crippen molar-refractivity contribution >= 4 is 0 Å². The van der Waals surface area contributed by atoms with Gasteiger partial charge in [0, 0.05) is 12.5 Å². The van der Waals surface area contributed by atoms with Crippen LogP contribution in [-0.4, -0.2) is 12.6 Å². The zero-order valence-electron chi connectivity index (χ0n) is 10.1. The van der Waals surface area contributed by atoms with Gasteiger partial charge in [0.25, 0.3) is 0 Å². The summed E-state index contributed by atoms with van der Waals surface area (Å²) in [5, 5.41) is 3.55. The smallest absolute Gasteiger partial charge is 0.0240 e. The highest BCUT2D eigenvalue weighted by Crippen LogP contribution is 2.29. The van der Waals surface area contributed by atoms with E-state index in [0.717, 1.165) is 18.9 Å². The van der Waals surface area contributed by atoms with Crippen LogP contribution in [0.15, 0.2) is 0 Å². The van der Waals surface area contributed by atoms with Crippen LogP contribution in [0, 0.1) is 18.3 Å². The average molecular weight is 207 g/mol. The number of rotatable bonds is 7. The number of hydrogen-bond acceptors (Lipinski definition) is 1. The molecule has 1 aliphatic carbocycles. The minimum atomic E-state index is 0.565. The number of nitrogens with one attached hydrogen (secondary N) is 1. The van der Waals surface area contributed by atoms with Crippen molar-refractivity contribution in [1.82, 2.24) is 5.32 Å². The van der Waals surface area contributed by atoms with Gasteiger partial charge in [-0.05, 0) is 31.7 Å². The Balaban J connectivity index is 2.15. The van der Waals surface area contributed by atoms with Crippen LogP contribution in [0.1, 0.15) is 58.3 Å². The topological polar surface area (TPSA) is 12.0 Å². The van der Waals surface area contributed by atoms with Gasteiger partial charge >= 0.3 is 0 Å². The summed E-state index contributed by atoms with van der Waals surface area (Å²) in [6.45, 7) is 3.31. The van der Waals surface area contributed by atoms with Crippen molar-refractivity contribution in [2.75, 3.05) is 6.54 Å². The van der Waals surface area contributed by atoms with Gasteiger partial charge in [-0.15, -0.1) is 12.3 Å². The summed E-state index contributed by atoms with van der Waals surface area (Å²) < 4.78 is 0. The molecule has 0 radical (unpaired) electrons. The Morgan fingerprint density at radius 2 is 2.13 bits per heavy atom. The fourth-order valence-corrected chi connectivity index (χ4v) is 2.50. The van der Waals surface area contributed by atoms with Gasteiger partial charge in [0.15, 0.2) is 0 Å². The number of terminal acetylenes is 1. The van der Waals surface area contributed by atoms with Crippen molar-refractivity contribution < 1.29 is 0 Å². The largest absolute Gasteiger partial charge is 0.313 e. The van der Waals surface area contributed by atoms with Crippen molar-refractivity contribution in [2.24, 2.45) is 5.92 Å². The van der Waals surface area contributed by atoms with E-state index in [1.165, 1.54) is 44.9 Å². The van der Waals surface area contributed by atoms with Crippen LogP contribution in [-0.2, 0) is 0 Å². The third-order valence-electron chi connectivity index (χ3n) is 3.45. The second kappa shape index (κ2) is 7.77. The van der Waals surface area contributed by atoms with E-state index in [2.05, 4.69) is 18.2 Å². The molecular formula is C14H25N. The molecule has 86 valence electrons. The number of hydrogen-bond donors (Lipinski definition) is 1. The van der Waals surface area contributed by atoms with Gasteiger partial charge in [-0.2, -0.15) is 0 Å². The lowest BCUT2D eigenvalue weighted by Crippen LogP contribution is -2.29. The monoisotopic (exact) mass is 207 g/mol. The van der Waals surface area contributed by atoms with Crippen LogP contribution in [0.4, 0.5) is 0 Å². The Labute approximate surface area is 95.0 Å². The van der Waals surface area contributed by atoms with Crippen LogP contribution in [0.5, 0.6) is 0 Å². The third-order valence-corrected chi connectivity index (χ3v) is 3.45. The van der Waals surface area contributed by atoms with Crippen molar-refractivity contribution in [3.8, 4) is 12.3 Å². The van der Waals surface area contributed by atoms with Crippen molar-refractivity contribution in [3.05, 3.63) is 0 Å². The molecule has 0 heterocycles. The van der Waals surface area contributed by atoms with Gasteiger partial charge in [-0.1, -0.05) is 32.6 Å². The third kappa shape index (κ3) is 5.23. The molecule has 0 bridgehead atoms. The summed E-state index contributed by atoms with van der Waals surface area (Å²) in [6, 6.07) is 0.565. The Bertz CT molecular complexity index is 186. The highest BCUT2D eigenvalue weighted by atomic mass is 14.9. The Morgan fingerprint density at radius 3 is 2.73 bits per heavy atom. The summed E-state index contributed by atoms with van der Waals surface area (Å²) in [7, 11) is 0. The van der Waals surface area contributed by atoms with Crippen LogP contribution < -0.4 is 5.32 Å². The first-order valence-electron chi connectivity index (χ1n) is 6.53. The van der Waals surface area contributed by atoms with Gasteiger partial charge in [-0.25, -0.2) is 0 Å². The molecule has 1 aliphatic rings. The summed E-state index contributed by atoms with van der Waals surface area (Å²) in [5.74, 6) is 3.78. The van der Waals surface area contributed by atoms with E-state index in [1.54, 1.807) is 0 Å². The molecule has 0 spiro atoms. The SMILES string of the molecule is C#CCC(CCC1CCCC1)NCCC. The molecule has 1 nitrogen and oxygen atoms in total. The lowest BCUT2D eigenvalue weighted by molar-refractivity contribution is 0.408. The first-order valence-corrected chi connectivity index (χ1v) is 6.53. The minimum absolute atomic E-state index is 0.565. The van der Waals surface area contributed by atoms with E-state index >= 15 is 0 Å². The Kier molecular flexibility index (Phi) is 6.52. The van der Waals surface area contributed by atoms with E-state index in [9.17, 15) is 0 Å². The summed E-state index contributed by atoms with van der Waals surface area (Å²) >= 11 is 0. The zero-order valence-corrected chi connectivity index (χ0v) is 10.1. The molecule has 1 N–H and O–H groups in total. The standard InChI is InChI=1S/C14H25N/c1-3-7-14(15-12-4-2)11-10-13-8-5-6-9-13/h1,13-15H,4-12H2,2H3. The molecule has 0 saturated heterocycles. The van der Waals surface area contributed by atoms with Gasteiger partial charge in [0.1, 0.15) is 0 Å². The van der Waals surface area contributed by atoms with E-state index in [0.29, 0.717) is 6.04 Å². The normalized spacial score (nSPS) is 18.9. The van der Waals surface area contributed by atoms with Gasteiger partial charge in [-0.3, -0.25) is 0 Å². The Hall–Kier alpha value is -0.480. The molecule has 0 aromatic rings. The fourth-order valence-electron chi connectivity index (χ4n) is 2.50. The molecule has 0 amide bonds. The van der Waals surface area contributed by atoms with Crippen LogP contribution >= 0.6 is 0 Å². The maximum atomic E-state index is 5.39. The lowest BCUT2D eigenvalue weighted by atomic mass is 9.97. The molecule has 1 rings (SSSR count). The predicted molar refractivity (Wildman–Crippen MR) is 66.7 cm³/mol. The average Bonchev–Trinajstić information content (AvgIpc) is 2.75. The molecule has 0 aliphatic heterocycles. The maximum absolute atomic E-state index is 5.39.